The summed E-state index contributed by atoms with van der Waals surface area (Å²) < 4.78 is 16.3. The third kappa shape index (κ3) is 5.62. The molecule has 2 amide bonds. The lowest BCUT2D eigenvalue weighted by Crippen LogP contribution is -2.45. The van der Waals surface area contributed by atoms with Gasteiger partial charge in [-0.05, 0) is 54.3 Å². The summed E-state index contributed by atoms with van der Waals surface area (Å²) in [6, 6.07) is 14.9. The number of hydrogen-bond donors (Lipinski definition) is 1. The van der Waals surface area contributed by atoms with Crippen molar-refractivity contribution in [2.45, 2.75) is 44.3 Å². The summed E-state index contributed by atoms with van der Waals surface area (Å²) >= 11 is 6.45. The minimum Gasteiger partial charge on any atom is -0.493 e. The Kier molecular flexibility index (Phi) is 7.98. The highest BCUT2D eigenvalue weighted by atomic mass is 35.5. The van der Waals surface area contributed by atoms with Crippen molar-refractivity contribution in [1.29, 1.82) is 0 Å². The van der Waals surface area contributed by atoms with Gasteiger partial charge in [0.05, 0.1) is 20.5 Å². The highest BCUT2D eigenvalue weighted by Crippen LogP contribution is 2.34. The highest BCUT2D eigenvalue weighted by molar-refractivity contribution is 6.31. The number of halogens is 1. The summed E-state index contributed by atoms with van der Waals surface area (Å²) in [5.74, 6) is 0.441. The summed E-state index contributed by atoms with van der Waals surface area (Å²) in [7, 11) is 3.08. The summed E-state index contributed by atoms with van der Waals surface area (Å²) in [6.45, 7) is 0.107. The molecular weight excluding hydrogens is 468 g/mol. The third-order valence-electron chi connectivity index (χ3n) is 6.28. The highest BCUT2D eigenvalue weighted by Gasteiger charge is 2.35. The first-order valence-electron chi connectivity index (χ1n) is 11.6. The maximum absolute atomic E-state index is 13.8. The molecule has 8 heteroatoms. The number of nitrogens with one attached hydrogen (secondary N) is 1. The second-order valence-corrected chi connectivity index (χ2v) is 8.92. The second kappa shape index (κ2) is 11.3. The molecule has 184 valence electrons. The van der Waals surface area contributed by atoms with Crippen LogP contribution in [0.1, 0.15) is 53.4 Å². The van der Waals surface area contributed by atoms with Crippen LogP contribution in [0.2, 0.25) is 5.02 Å². The van der Waals surface area contributed by atoms with Crippen LogP contribution >= 0.6 is 11.6 Å². The van der Waals surface area contributed by atoms with Crippen molar-refractivity contribution < 1.29 is 23.5 Å². The SMILES string of the molecule is COc1ccc(C(C(=O)NC2CCCC2)N(Cc2ccccc2Cl)C(=O)c2ccco2)cc1OC. The number of carbonyl (C=O) groups is 2. The second-order valence-electron chi connectivity index (χ2n) is 8.51. The van der Waals surface area contributed by atoms with E-state index in [0.717, 1.165) is 25.7 Å². The Hall–Kier alpha value is -3.45. The van der Waals surface area contributed by atoms with Gasteiger partial charge in [0, 0.05) is 17.6 Å². The van der Waals surface area contributed by atoms with Crippen molar-refractivity contribution in [3.63, 3.8) is 0 Å². The number of furan rings is 1. The van der Waals surface area contributed by atoms with Gasteiger partial charge in [0.25, 0.3) is 5.91 Å². The van der Waals surface area contributed by atoms with E-state index in [1.165, 1.54) is 18.3 Å². The number of rotatable bonds is 9. The third-order valence-corrected chi connectivity index (χ3v) is 6.64. The van der Waals surface area contributed by atoms with Crippen LogP contribution in [0.15, 0.2) is 65.3 Å². The maximum Gasteiger partial charge on any atom is 0.290 e. The molecule has 4 rings (SSSR count). The first-order chi connectivity index (χ1) is 17.0. The molecule has 1 fully saturated rings. The molecular formula is C27H29ClN2O5. The molecule has 1 saturated carbocycles. The molecule has 1 aliphatic rings. The molecule has 35 heavy (non-hydrogen) atoms. The fourth-order valence-corrected chi connectivity index (χ4v) is 4.67. The standard InChI is InChI=1S/C27H29ClN2O5/c1-33-22-14-13-18(16-24(22)34-2)25(26(31)29-20-9-4-5-10-20)30(27(32)23-12-7-15-35-23)17-19-8-3-6-11-21(19)28/h3,6-8,11-16,20,25H,4-5,9-10,17H2,1-2H3,(H,29,31). The van der Waals surface area contributed by atoms with Crippen LogP contribution in [0.4, 0.5) is 0 Å². The van der Waals surface area contributed by atoms with Gasteiger partial charge in [-0.25, -0.2) is 0 Å². The molecule has 3 aromatic rings. The molecule has 0 spiro atoms. The molecule has 1 unspecified atom stereocenters. The average molecular weight is 497 g/mol. The average Bonchev–Trinajstić information content (AvgIpc) is 3.59. The number of carbonyl (C=O) groups excluding carboxylic acids is 2. The Morgan fingerprint density at radius 1 is 1.06 bits per heavy atom. The molecule has 1 aliphatic carbocycles. The van der Waals surface area contributed by atoms with Crippen molar-refractivity contribution in [3.05, 3.63) is 82.8 Å². The number of hydrogen-bond acceptors (Lipinski definition) is 5. The van der Waals surface area contributed by atoms with Crippen LogP contribution in [-0.4, -0.2) is 37.0 Å². The van der Waals surface area contributed by atoms with Crippen LogP contribution in [-0.2, 0) is 11.3 Å². The van der Waals surface area contributed by atoms with Gasteiger partial charge in [0.2, 0.25) is 5.91 Å². The monoisotopic (exact) mass is 496 g/mol. The van der Waals surface area contributed by atoms with Crippen LogP contribution in [0.25, 0.3) is 0 Å². The van der Waals surface area contributed by atoms with Crippen LogP contribution in [0.5, 0.6) is 11.5 Å². The van der Waals surface area contributed by atoms with Gasteiger partial charge in [-0.2, -0.15) is 0 Å². The Balaban J connectivity index is 1.80. The molecule has 1 heterocycles. The molecule has 7 nitrogen and oxygen atoms in total. The van der Waals surface area contributed by atoms with Gasteiger partial charge in [-0.1, -0.05) is 48.7 Å². The maximum atomic E-state index is 13.8. The predicted molar refractivity (Wildman–Crippen MR) is 133 cm³/mol. The van der Waals surface area contributed by atoms with E-state index in [1.807, 2.05) is 18.2 Å². The Morgan fingerprint density at radius 2 is 1.80 bits per heavy atom. The van der Waals surface area contributed by atoms with E-state index in [2.05, 4.69) is 5.32 Å². The Bertz CT molecular complexity index is 1160. The smallest absolute Gasteiger partial charge is 0.290 e. The summed E-state index contributed by atoms with van der Waals surface area (Å²) in [5.41, 5.74) is 1.30. The molecule has 0 radical (unpaired) electrons. The summed E-state index contributed by atoms with van der Waals surface area (Å²) in [4.78, 5) is 29.0. The Morgan fingerprint density at radius 3 is 2.46 bits per heavy atom. The van der Waals surface area contributed by atoms with E-state index in [4.69, 9.17) is 25.5 Å². The van der Waals surface area contributed by atoms with Gasteiger partial charge < -0.3 is 24.1 Å². The van der Waals surface area contributed by atoms with Crippen molar-refractivity contribution >= 4 is 23.4 Å². The number of methoxy groups -OCH3 is 2. The van der Waals surface area contributed by atoms with Gasteiger partial charge in [0.15, 0.2) is 17.3 Å². The van der Waals surface area contributed by atoms with Crippen LogP contribution in [0.3, 0.4) is 0 Å². The zero-order chi connectivity index (χ0) is 24.8. The lowest BCUT2D eigenvalue weighted by molar-refractivity contribution is -0.126. The number of nitrogens with zero attached hydrogens (tertiary/aromatic N) is 1. The quantitative estimate of drug-likeness (QED) is 0.429. The van der Waals surface area contributed by atoms with Crippen molar-refractivity contribution in [2.75, 3.05) is 14.2 Å². The zero-order valence-electron chi connectivity index (χ0n) is 19.8. The molecule has 0 bridgehead atoms. The molecule has 1 atom stereocenters. The molecule has 0 saturated heterocycles. The fourth-order valence-electron chi connectivity index (χ4n) is 4.48. The van der Waals surface area contributed by atoms with E-state index in [-0.39, 0.29) is 24.3 Å². The summed E-state index contributed by atoms with van der Waals surface area (Å²) in [6.07, 6.45) is 5.41. The fraction of sp³-hybridized carbons (Fsp3) is 0.333. The molecule has 1 aromatic heterocycles. The van der Waals surface area contributed by atoms with Gasteiger partial charge >= 0.3 is 0 Å². The lowest BCUT2D eigenvalue weighted by Gasteiger charge is -2.32. The minimum atomic E-state index is -0.954. The van der Waals surface area contributed by atoms with Gasteiger partial charge in [0.1, 0.15) is 6.04 Å². The topological polar surface area (TPSA) is 81.0 Å². The van der Waals surface area contributed by atoms with Crippen molar-refractivity contribution in [3.8, 4) is 11.5 Å². The minimum absolute atomic E-state index is 0.0750. The number of amides is 2. The molecule has 0 aliphatic heterocycles. The van der Waals surface area contributed by atoms with Crippen LogP contribution < -0.4 is 14.8 Å². The van der Waals surface area contributed by atoms with Gasteiger partial charge in [-0.3, -0.25) is 9.59 Å². The van der Waals surface area contributed by atoms with E-state index < -0.39 is 11.9 Å². The van der Waals surface area contributed by atoms with E-state index in [0.29, 0.717) is 27.6 Å². The predicted octanol–water partition coefficient (Wildman–Crippen LogP) is 5.39. The van der Waals surface area contributed by atoms with Crippen molar-refractivity contribution in [2.24, 2.45) is 0 Å². The lowest BCUT2D eigenvalue weighted by atomic mass is 10.0. The number of ether oxygens (including phenoxy) is 2. The molecule has 2 aromatic carbocycles. The summed E-state index contributed by atoms with van der Waals surface area (Å²) in [5, 5.41) is 3.66. The van der Waals surface area contributed by atoms with Crippen molar-refractivity contribution in [1.82, 2.24) is 10.2 Å². The molecule has 1 N–H and O–H groups in total. The normalized spacial score (nSPS) is 14.4. The Labute approximate surface area is 210 Å². The van der Waals surface area contributed by atoms with Gasteiger partial charge in [-0.15, -0.1) is 0 Å². The largest absolute Gasteiger partial charge is 0.493 e. The van der Waals surface area contributed by atoms with E-state index in [1.54, 1.807) is 43.5 Å². The number of benzene rings is 2. The first kappa shape index (κ1) is 24.7. The first-order valence-corrected chi connectivity index (χ1v) is 12.0. The van der Waals surface area contributed by atoms with E-state index in [9.17, 15) is 9.59 Å². The zero-order valence-corrected chi connectivity index (χ0v) is 20.6. The van der Waals surface area contributed by atoms with E-state index >= 15 is 0 Å². The van der Waals surface area contributed by atoms with Crippen LogP contribution in [0, 0.1) is 0 Å².